The molecular formula is C6H16NO3+. The number of hydrogen-bond donors (Lipinski definition) is 1. The second kappa shape index (κ2) is 4.62. The highest BCUT2D eigenvalue weighted by atomic mass is 17.2. The van der Waals surface area contributed by atoms with E-state index in [9.17, 15) is 0 Å². The molecule has 4 heteroatoms. The fourth-order valence-electron chi connectivity index (χ4n) is 0.407. The van der Waals surface area contributed by atoms with E-state index in [1.54, 1.807) is 0 Å². The molecule has 0 saturated carbocycles. The topological polar surface area (TPSA) is 38.7 Å². The Kier molecular flexibility index (Phi) is 4.55. The van der Waals surface area contributed by atoms with Gasteiger partial charge in [-0.15, -0.1) is 0 Å². The summed E-state index contributed by atoms with van der Waals surface area (Å²) in [6.45, 7) is 0.987. The van der Waals surface area contributed by atoms with Crippen LogP contribution in [0.25, 0.3) is 0 Å². The van der Waals surface area contributed by atoms with Crippen LogP contribution < -0.4 is 0 Å². The van der Waals surface area contributed by atoms with Crippen molar-refractivity contribution in [2.24, 2.45) is 0 Å². The van der Waals surface area contributed by atoms with E-state index in [4.69, 9.17) is 5.11 Å². The van der Waals surface area contributed by atoms with Crippen molar-refractivity contribution in [2.75, 3.05) is 41.1 Å². The number of hydrogen-bond acceptors (Lipinski definition) is 3. The van der Waals surface area contributed by atoms with Gasteiger partial charge in [-0.05, 0) is 0 Å². The lowest BCUT2D eigenvalue weighted by atomic mass is 10.5. The van der Waals surface area contributed by atoms with Crippen LogP contribution in [0.4, 0.5) is 0 Å². The Balaban J connectivity index is 3.04. The Morgan fingerprint density at radius 3 is 2.20 bits per heavy atom. The molecule has 0 aliphatic carbocycles. The van der Waals surface area contributed by atoms with Crippen molar-refractivity contribution >= 4 is 0 Å². The molecule has 0 atom stereocenters. The first-order valence-corrected chi connectivity index (χ1v) is 3.22. The summed E-state index contributed by atoms with van der Waals surface area (Å²) in [5, 5.41) is 8.14. The molecule has 0 heterocycles. The normalized spacial score (nSPS) is 12.0. The number of aliphatic hydroxyl groups excluding tert-OH is 1. The van der Waals surface area contributed by atoms with Gasteiger partial charge in [0.05, 0.1) is 21.1 Å². The van der Waals surface area contributed by atoms with Crippen molar-refractivity contribution in [2.45, 2.75) is 0 Å². The van der Waals surface area contributed by atoms with Gasteiger partial charge in [0.15, 0.2) is 6.79 Å². The molecule has 0 amide bonds. The first kappa shape index (κ1) is 9.84. The minimum Gasteiger partial charge on any atom is -0.368 e. The number of quaternary nitrogens is 1. The van der Waals surface area contributed by atoms with E-state index >= 15 is 0 Å². The van der Waals surface area contributed by atoms with Crippen LogP contribution in [0.2, 0.25) is 0 Å². The molecule has 0 aliphatic rings. The zero-order chi connectivity index (χ0) is 8.04. The minimum absolute atomic E-state index is 0.378. The quantitative estimate of drug-likeness (QED) is 0.190. The maximum atomic E-state index is 8.14. The molecule has 0 radical (unpaired) electrons. The van der Waals surface area contributed by atoms with Gasteiger partial charge < -0.3 is 9.59 Å². The lowest BCUT2D eigenvalue weighted by Gasteiger charge is -2.22. The molecular weight excluding hydrogens is 134 g/mol. The summed E-state index contributed by atoms with van der Waals surface area (Å²) < 4.78 is 0.828. The van der Waals surface area contributed by atoms with E-state index in [1.165, 1.54) is 0 Å². The molecule has 1 N–H and O–H groups in total. The molecule has 0 unspecified atom stereocenters. The first-order chi connectivity index (χ1) is 4.56. The first-order valence-electron chi connectivity index (χ1n) is 3.22. The second-order valence-corrected chi connectivity index (χ2v) is 3.08. The van der Waals surface area contributed by atoms with Gasteiger partial charge in [-0.2, -0.15) is 0 Å². The number of aliphatic hydroxyl groups is 1. The lowest BCUT2D eigenvalue weighted by Crippen LogP contribution is -2.37. The van der Waals surface area contributed by atoms with Crippen LogP contribution in [-0.2, 0) is 9.78 Å². The van der Waals surface area contributed by atoms with Crippen molar-refractivity contribution in [3.8, 4) is 0 Å². The van der Waals surface area contributed by atoms with E-state index in [0.717, 1.165) is 11.0 Å². The molecule has 0 aromatic heterocycles. The van der Waals surface area contributed by atoms with Crippen LogP contribution in [-0.4, -0.2) is 50.7 Å². The van der Waals surface area contributed by atoms with Gasteiger partial charge in [0.2, 0.25) is 0 Å². The fraction of sp³-hybridized carbons (Fsp3) is 1.00. The summed E-state index contributed by atoms with van der Waals surface area (Å²) in [6, 6.07) is 0. The molecule has 0 bridgehead atoms. The number of likely N-dealkylation sites (N-methyl/N-ethyl adjacent to an activating group) is 1. The molecule has 0 aromatic carbocycles. The van der Waals surface area contributed by atoms with Gasteiger partial charge in [0.25, 0.3) is 0 Å². The number of nitrogens with zero attached hydrogens (tertiary/aromatic N) is 1. The third kappa shape index (κ3) is 7.84. The van der Waals surface area contributed by atoms with Crippen LogP contribution in [0.1, 0.15) is 0 Å². The van der Waals surface area contributed by atoms with Crippen molar-refractivity contribution < 1.29 is 19.4 Å². The van der Waals surface area contributed by atoms with Gasteiger partial charge >= 0.3 is 0 Å². The Labute approximate surface area is 61.5 Å². The molecule has 0 aromatic rings. The predicted molar refractivity (Wildman–Crippen MR) is 37.0 cm³/mol. The summed E-state index contributed by atoms with van der Waals surface area (Å²) >= 11 is 0. The average molecular weight is 150 g/mol. The Morgan fingerprint density at radius 1 is 1.20 bits per heavy atom. The molecule has 10 heavy (non-hydrogen) atoms. The molecule has 0 spiro atoms. The van der Waals surface area contributed by atoms with Crippen LogP contribution >= 0.6 is 0 Å². The monoisotopic (exact) mass is 150 g/mol. The zero-order valence-corrected chi connectivity index (χ0v) is 6.83. The van der Waals surface area contributed by atoms with Gasteiger partial charge in [-0.3, -0.25) is 0 Å². The molecule has 4 nitrogen and oxygen atoms in total. The van der Waals surface area contributed by atoms with E-state index < -0.39 is 0 Å². The van der Waals surface area contributed by atoms with E-state index in [1.807, 2.05) is 0 Å². The summed E-state index contributed by atoms with van der Waals surface area (Å²) in [5.74, 6) is 0. The smallest absolute Gasteiger partial charge is 0.178 e. The van der Waals surface area contributed by atoms with E-state index in [-0.39, 0.29) is 6.79 Å². The summed E-state index contributed by atoms with van der Waals surface area (Å²) in [6.07, 6.45) is 0. The SMILES string of the molecule is C[N+](C)(C)CCOOCO. The standard InChI is InChI=1S/C6H16NO3/c1-7(2,3)4-5-9-10-6-8/h8H,4-6H2,1-3H3/q+1. The summed E-state index contributed by atoms with van der Waals surface area (Å²) in [5.41, 5.74) is 0. The van der Waals surface area contributed by atoms with Gasteiger partial charge in [0.1, 0.15) is 13.2 Å². The molecule has 0 rings (SSSR count). The maximum absolute atomic E-state index is 8.14. The summed E-state index contributed by atoms with van der Waals surface area (Å²) in [7, 11) is 6.17. The van der Waals surface area contributed by atoms with Crippen LogP contribution in [0, 0.1) is 0 Å². The van der Waals surface area contributed by atoms with Crippen LogP contribution in [0.15, 0.2) is 0 Å². The minimum atomic E-state index is -0.378. The maximum Gasteiger partial charge on any atom is 0.178 e. The lowest BCUT2D eigenvalue weighted by molar-refractivity contribution is -0.871. The third-order valence-electron chi connectivity index (χ3n) is 0.981. The van der Waals surface area contributed by atoms with Crippen molar-refractivity contribution in [1.29, 1.82) is 0 Å². The predicted octanol–water partition coefficient (Wildman–Crippen LogP) is -0.409. The Bertz CT molecular complexity index is 79.6. The molecule has 62 valence electrons. The van der Waals surface area contributed by atoms with Gasteiger partial charge in [-0.1, -0.05) is 0 Å². The van der Waals surface area contributed by atoms with Crippen LogP contribution in [0.3, 0.4) is 0 Å². The fourth-order valence-corrected chi connectivity index (χ4v) is 0.407. The average Bonchev–Trinajstić information content (AvgIpc) is 1.78. The van der Waals surface area contributed by atoms with E-state index in [0.29, 0.717) is 6.61 Å². The van der Waals surface area contributed by atoms with Gasteiger partial charge in [0, 0.05) is 0 Å². The highest BCUT2D eigenvalue weighted by molar-refractivity contribution is 4.21. The van der Waals surface area contributed by atoms with E-state index in [2.05, 4.69) is 30.9 Å². The zero-order valence-electron chi connectivity index (χ0n) is 6.83. The second-order valence-electron chi connectivity index (χ2n) is 3.08. The van der Waals surface area contributed by atoms with Crippen molar-refractivity contribution in [1.82, 2.24) is 0 Å². The highest BCUT2D eigenvalue weighted by Crippen LogP contribution is 1.89. The molecule has 0 aliphatic heterocycles. The van der Waals surface area contributed by atoms with Crippen molar-refractivity contribution in [3.63, 3.8) is 0 Å². The Hall–Kier alpha value is -0.160. The highest BCUT2D eigenvalue weighted by Gasteiger charge is 2.05. The van der Waals surface area contributed by atoms with Gasteiger partial charge in [-0.25, -0.2) is 9.78 Å². The van der Waals surface area contributed by atoms with Crippen LogP contribution in [0.5, 0.6) is 0 Å². The molecule has 0 saturated heterocycles. The largest absolute Gasteiger partial charge is 0.368 e. The summed E-state index contributed by atoms with van der Waals surface area (Å²) in [4.78, 5) is 8.87. The third-order valence-corrected chi connectivity index (χ3v) is 0.981. The molecule has 0 fully saturated rings. The Morgan fingerprint density at radius 2 is 1.80 bits per heavy atom. The van der Waals surface area contributed by atoms with Crippen molar-refractivity contribution in [3.05, 3.63) is 0 Å². The number of rotatable bonds is 5.